The molecule has 1 aromatic carbocycles. The molecule has 1 rings (SSSR count). The van der Waals surface area contributed by atoms with Crippen LogP contribution < -0.4 is 10.5 Å². The largest absolute Gasteiger partial charge is 0.398 e. The fourth-order valence-electron chi connectivity index (χ4n) is 1.38. The van der Waals surface area contributed by atoms with Crippen LogP contribution in [0.3, 0.4) is 0 Å². The molecule has 0 saturated heterocycles. The summed E-state index contributed by atoms with van der Waals surface area (Å²) < 4.78 is 26.1. The third-order valence-corrected chi connectivity index (χ3v) is 3.84. The molecule has 0 unspecified atom stereocenters. The number of hydrogen-bond donors (Lipinski definition) is 3. The number of unbranched alkanes of at least 4 members (excludes halogenated alkanes) is 1. The number of anilines is 1. The average molecular weight is 269 g/mol. The predicted octanol–water partition coefficient (Wildman–Crippen LogP) is 0.191. The molecule has 1 aromatic rings. The van der Waals surface area contributed by atoms with Crippen molar-refractivity contribution in [3.8, 4) is 6.07 Å². The third kappa shape index (κ3) is 3.70. The van der Waals surface area contributed by atoms with Gasteiger partial charge < -0.3 is 10.8 Å². The van der Waals surface area contributed by atoms with E-state index >= 15 is 0 Å². The first kappa shape index (κ1) is 14.4. The number of nitrogens with one attached hydrogen (secondary N) is 1. The summed E-state index contributed by atoms with van der Waals surface area (Å²) in [7, 11) is -3.66. The maximum atomic E-state index is 11.9. The maximum absolute atomic E-state index is 11.9. The van der Waals surface area contributed by atoms with Gasteiger partial charge in [-0.25, -0.2) is 13.1 Å². The van der Waals surface area contributed by atoms with Crippen molar-refractivity contribution >= 4 is 15.7 Å². The van der Waals surface area contributed by atoms with Gasteiger partial charge in [-0.3, -0.25) is 0 Å². The molecule has 0 atom stereocenters. The number of nitrogens with two attached hydrogens (primary N) is 1. The lowest BCUT2D eigenvalue weighted by Crippen LogP contribution is -2.25. The van der Waals surface area contributed by atoms with E-state index in [1.54, 1.807) is 0 Å². The van der Waals surface area contributed by atoms with Gasteiger partial charge in [-0.1, -0.05) is 0 Å². The van der Waals surface area contributed by atoms with Crippen molar-refractivity contribution in [2.45, 2.75) is 17.7 Å². The number of benzene rings is 1. The summed E-state index contributed by atoms with van der Waals surface area (Å²) in [4.78, 5) is -0.0366. The highest BCUT2D eigenvalue weighted by Crippen LogP contribution is 2.19. The zero-order chi connectivity index (χ0) is 13.6. The molecule has 98 valence electrons. The zero-order valence-electron chi connectivity index (χ0n) is 9.76. The first-order valence-corrected chi connectivity index (χ1v) is 6.89. The first-order valence-electron chi connectivity index (χ1n) is 5.41. The van der Waals surface area contributed by atoms with E-state index in [4.69, 9.17) is 16.1 Å². The highest BCUT2D eigenvalue weighted by atomic mass is 32.2. The lowest BCUT2D eigenvalue weighted by atomic mass is 10.2. The fourth-order valence-corrected chi connectivity index (χ4v) is 2.57. The molecule has 6 nitrogen and oxygen atoms in total. The highest BCUT2D eigenvalue weighted by molar-refractivity contribution is 7.89. The molecule has 7 heteroatoms. The van der Waals surface area contributed by atoms with E-state index in [1.807, 2.05) is 6.07 Å². The molecular formula is C11H15N3O3S. The van der Waals surface area contributed by atoms with Gasteiger partial charge >= 0.3 is 0 Å². The molecule has 0 aliphatic carbocycles. The molecule has 18 heavy (non-hydrogen) atoms. The van der Waals surface area contributed by atoms with Crippen LogP contribution in [-0.2, 0) is 10.0 Å². The second-order valence-electron chi connectivity index (χ2n) is 3.69. The molecule has 0 aliphatic heterocycles. The molecule has 0 bridgehead atoms. The molecular weight excluding hydrogens is 254 g/mol. The Bertz CT molecular complexity index is 549. The molecule has 0 amide bonds. The van der Waals surface area contributed by atoms with Gasteiger partial charge in [0.2, 0.25) is 10.0 Å². The standard InChI is InChI=1S/C11H15N3O3S/c12-8-9-3-4-11(10(13)7-9)18(16,17)14-5-1-2-6-15/h3-4,7,14-15H,1-2,5-6,13H2. The number of nitriles is 1. The van der Waals surface area contributed by atoms with Crippen molar-refractivity contribution in [3.63, 3.8) is 0 Å². The second kappa shape index (κ2) is 6.35. The van der Waals surface area contributed by atoms with Crippen LogP contribution in [-0.4, -0.2) is 26.7 Å². The molecule has 0 fully saturated rings. The van der Waals surface area contributed by atoms with E-state index in [0.29, 0.717) is 18.4 Å². The van der Waals surface area contributed by atoms with Gasteiger partial charge in [0.1, 0.15) is 4.90 Å². The molecule has 0 spiro atoms. The Hall–Kier alpha value is -1.62. The molecule has 0 aliphatic rings. The van der Waals surface area contributed by atoms with Gasteiger partial charge in [0.25, 0.3) is 0 Å². The summed E-state index contributed by atoms with van der Waals surface area (Å²) in [5, 5.41) is 17.2. The Labute approximate surface area is 106 Å². The zero-order valence-corrected chi connectivity index (χ0v) is 10.6. The van der Waals surface area contributed by atoms with Crippen molar-refractivity contribution in [3.05, 3.63) is 23.8 Å². The summed E-state index contributed by atoms with van der Waals surface area (Å²) in [5.41, 5.74) is 5.96. The molecule has 0 radical (unpaired) electrons. The average Bonchev–Trinajstić information content (AvgIpc) is 2.34. The van der Waals surface area contributed by atoms with Crippen molar-refractivity contribution in [2.75, 3.05) is 18.9 Å². The van der Waals surface area contributed by atoms with Crippen molar-refractivity contribution in [1.29, 1.82) is 5.26 Å². The number of aliphatic hydroxyl groups is 1. The van der Waals surface area contributed by atoms with Crippen molar-refractivity contribution < 1.29 is 13.5 Å². The Kier molecular flexibility index (Phi) is 5.09. The molecule has 0 aromatic heterocycles. The highest BCUT2D eigenvalue weighted by Gasteiger charge is 2.16. The Morgan fingerprint density at radius 3 is 2.67 bits per heavy atom. The van der Waals surface area contributed by atoms with E-state index < -0.39 is 10.0 Å². The number of nitrogen functional groups attached to an aromatic ring is 1. The van der Waals surface area contributed by atoms with Gasteiger partial charge in [-0.15, -0.1) is 0 Å². The van der Waals surface area contributed by atoms with E-state index in [1.165, 1.54) is 18.2 Å². The number of rotatable bonds is 6. The van der Waals surface area contributed by atoms with E-state index in [2.05, 4.69) is 4.72 Å². The van der Waals surface area contributed by atoms with E-state index in [-0.39, 0.29) is 23.7 Å². The molecule has 4 N–H and O–H groups in total. The Morgan fingerprint density at radius 1 is 1.39 bits per heavy atom. The second-order valence-corrected chi connectivity index (χ2v) is 5.43. The van der Waals surface area contributed by atoms with Crippen LogP contribution in [0.4, 0.5) is 5.69 Å². The minimum Gasteiger partial charge on any atom is -0.398 e. The van der Waals surface area contributed by atoms with Gasteiger partial charge in [-0.05, 0) is 31.0 Å². The number of sulfonamides is 1. The van der Waals surface area contributed by atoms with Crippen LogP contribution >= 0.6 is 0 Å². The topological polar surface area (TPSA) is 116 Å². The van der Waals surface area contributed by atoms with E-state index in [9.17, 15) is 8.42 Å². The van der Waals surface area contributed by atoms with Crippen LogP contribution in [0, 0.1) is 11.3 Å². The smallest absolute Gasteiger partial charge is 0.242 e. The number of hydrogen-bond acceptors (Lipinski definition) is 5. The summed E-state index contributed by atoms with van der Waals surface area (Å²) >= 11 is 0. The molecule has 0 saturated carbocycles. The van der Waals surface area contributed by atoms with Gasteiger partial charge in [-0.2, -0.15) is 5.26 Å². The fraction of sp³-hybridized carbons (Fsp3) is 0.364. The summed E-state index contributed by atoms with van der Waals surface area (Å²) in [6, 6.07) is 5.91. The monoisotopic (exact) mass is 269 g/mol. The predicted molar refractivity (Wildman–Crippen MR) is 67.1 cm³/mol. The SMILES string of the molecule is N#Cc1ccc(S(=O)(=O)NCCCCO)c(N)c1. The van der Waals surface area contributed by atoms with Crippen LogP contribution in [0.5, 0.6) is 0 Å². The van der Waals surface area contributed by atoms with Crippen LogP contribution in [0.1, 0.15) is 18.4 Å². The lowest BCUT2D eigenvalue weighted by molar-refractivity contribution is 0.285. The summed E-state index contributed by atoms with van der Waals surface area (Å²) in [5.74, 6) is 0. The Morgan fingerprint density at radius 2 is 2.11 bits per heavy atom. The normalized spacial score (nSPS) is 11.1. The molecule has 0 heterocycles. The summed E-state index contributed by atoms with van der Waals surface area (Å²) in [6.45, 7) is 0.267. The third-order valence-electron chi connectivity index (χ3n) is 2.31. The van der Waals surface area contributed by atoms with Gasteiger partial charge in [0.05, 0.1) is 17.3 Å². The van der Waals surface area contributed by atoms with Crippen LogP contribution in [0.25, 0.3) is 0 Å². The van der Waals surface area contributed by atoms with E-state index in [0.717, 1.165) is 0 Å². The lowest BCUT2D eigenvalue weighted by Gasteiger charge is -2.08. The Balaban J connectivity index is 2.82. The quantitative estimate of drug-likeness (QED) is 0.503. The minimum atomic E-state index is -3.66. The summed E-state index contributed by atoms with van der Waals surface area (Å²) in [6.07, 6.45) is 1.08. The van der Waals surface area contributed by atoms with Crippen LogP contribution in [0.15, 0.2) is 23.1 Å². The number of nitrogens with zero attached hydrogens (tertiary/aromatic N) is 1. The number of aliphatic hydroxyl groups excluding tert-OH is 1. The van der Waals surface area contributed by atoms with Gasteiger partial charge in [0.15, 0.2) is 0 Å². The first-order chi connectivity index (χ1) is 8.51. The van der Waals surface area contributed by atoms with Gasteiger partial charge in [0, 0.05) is 13.2 Å². The van der Waals surface area contributed by atoms with Crippen molar-refractivity contribution in [1.82, 2.24) is 4.72 Å². The van der Waals surface area contributed by atoms with Crippen LogP contribution in [0.2, 0.25) is 0 Å². The van der Waals surface area contributed by atoms with Crippen molar-refractivity contribution in [2.24, 2.45) is 0 Å². The minimum absolute atomic E-state index is 0.0285. The maximum Gasteiger partial charge on any atom is 0.242 e.